The molecule has 6 nitrogen and oxygen atoms in total. The second-order valence-corrected chi connectivity index (χ2v) is 7.03. The quantitative estimate of drug-likeness (QED) is 0.622. The Morgan fingerprint density at radius 3 is 2.70 bits per heavy atom. The van der Waals surface area contributed by atoms with Gasteiger partial charge in [0.1, 0.15) is 5.75 Å². The van der Waals surface area contributed by atoms with Crippen LogP contribution < -0.4 is 0 Å². The monoisotopic (exact) mass is 371 g/mol. The average Bonchev–Trinajstić information content (AvgIpc) is 3.25. The molecule has 0 bridgehead atoms. The zero-order chi connectivity index (χ0) is 19.6. The van der Waals surface area contributed by atoms with Gasteiger partial charge in [-0.15, -0.1) is 0 Å². The van der Waals surface area contributed by atoms with Gasteiger partial charge in [-0.3, -0.25) is 4.79 Å². The first-order valence-electron chi connectivity index (χ1n) is 9.15. The van der Waals surface area contributed by atoms with Crippen molar-refractivity contribution in [2.45, 2.75) is 46.3 Å². The molecule has 144 valence electrons. The third-order valence-corrected chi connectivity index (χ3v) is 5.06. The summed E-state index contributed by atoms with van der Waals surface area (Å²) in [6.45, 7) is 6.78. The van der Waals surface area contributed by atoms with Gasteiger partial charge in [0, 0.05) is 30.1 Å². The molecule has 2 heterocycles. The van der Waals surface area contributed by atoms with E-state index in [2.05, 4.69) is 4.57 Å². The molecule has 3 rings (SSSR count). The highest BCUT2D eigenvalue weighted by atomic mass is 16.5. The number of rotatable bonds is 6. The number of carbonyl (C=O) groups is 2. The Hall–Kier alpha value is -2.60. The van der Waals surface area contributed by atoms with Crippen LogP contribution in [-0.2, 0) is 16.0 Å². The molecule has 2 aromatic rings. The standard InChI is InChI=1S/C21H25NO5/c1-13-6-7-16(10-19(13)23)21(25)27-12-20(24)18-9-14(2)22(15(18)3)11-17-5-4-8-26-17/h6-7,9-10,17,23H,4-5,8,11-12H2,1-3H3/t17-/m0/s1. The number of ketones is 1. The summed E-state index contributed by atoms with van der Waals surface area (Å²) in [7, 11) is 0. The largest absolute Gasteiger partial charge is 0.508 e. The normalized spacial score (nSPS) is 16.5. The Bertz CT molecular complexity index is 862. The molecule has 1 atom stereocenters. The van der Waals surface area contributed by atoms with Gasteiger partial charge in [-0.1, -0.05) is 6.07 Å². The second kappa shape index (κ2) is 7.96. The topological polar surface area (TPSA) is 77.8 Å². The minimum Gasteiger partial charge on any atom is -0.508 e. The maximum atomic E-state index is 12.6. The molecule has 0 spiro atoms. The molecule has 1 saturated heterocycles. The smallest absolute Gasteiger partial charge is 0.338 e. The van der Waals surface area contributed by atoms with E-state index in [9.17, 15) is 14.7 Å². The fourth-order valence-corrected chi connectivity index (χ4v) is 3.38. The number of hydrogen-bond donors (Lipinski definition) is 1. The fourth-order valence-electron chi connectivity index (χ4n) is 3.38. The molecule has 0 aliphatic carbocycles. The van der Waals surface area contributed by atoms with Gasteiger partial charge in [-0.05, 0) is 57.4 Å². The number of ether oxygens (including phenoxy) is 2. The van der Waals surface area contributed by atoms with Gasteiger partial charge >= 0.3 is 5.97 Å². The number of hydrogen-bond acceptors (Lipinski definition) is 5. The van der Waals surface area contributed by atoms with Gasteiger partial charge in [0.15, 0.2) is 6.61 Å². The van der Waals surface area contributed by atoms with Crippen LogP contribution in [0.5, 0.6) is 5.75 Å². The zero-order valence-electron chi connectivity index (χ0n) is 15.9. The molecule has 1 N–H and O–H groups in total. The number of benzene rings is 1. The molecular formula is C21H25NO5. The summed E-state index contributed by atoms with van der Waals surface area (Å²) in [6.07, 6.45) is 2.28. The first kappa shape index (κ1) is 19.2. The van der Waals surface area contributed by atoms with Gasteiger partial charge < -0.3 is 19.1 Å². The molecular weight excluding hydrogens is 346 g/mol. The predicted octanol–water partition coefficient (Wildman–Crippen LogP) is 3.34. The number of phenolic OH excluding ortho intramolecular Hbond substituents is 1. The summed E-state index contributed by atoms with van der Waals surface area (Å²) < 4.78 is 12.9. The highest BCUT2D eigenvalue weighted by molar-refractivity contribution is 6.00. The molecule has 1 aliphatic rings. The Kier molecular flexibility index (Phi) is 5.65. The van der Waals surface area contributed by atoms with Crippen molar-refractivity contribution in [3.05, 3.63) is 52.3 Å². The molecule has 0 amide bonds. The summed E-state index contributed by atoms with van der Waals surface area (Å²) >= 11 is 0. The van der Waals surface area contributed by atoms with E-state index >= 15 is 0 Å². The molecule has 1 fully saturated rings. The highest BCUT2D eigenvalue weighted by Gasteiger charge is 2.22. The minimum atomic E-state index is -0.633. The van der Waals surface area contributed by atoms with Crippen LogP contribution in [0.3, 0.4) is 0 Å². The SMILES string of the molecule is Cc1ccc(C(=O)OCC(=O)c2cc(C)n(C[C@@H]3CCCO3)c2C)cc1O. The lowest BCUT2D eigenvalue weighted by Gasteiger charge is -2.14. The van der Waals surface area contributed by atoms with Crippen LogP contribution in [0.25, 0.3) is 0 Å². The predicted molar refractivity (Wildman–Crippen MR) is 100 cm³/mol. The van der Waals surface area contributed by atoms with Gasteiger partial charge in [0.2, 0.25) is 5.78 Å². The first-order valence-corrected chi connectivity index (χ1v) is 9.15. The van der Waals surface area contributed by atoms with Gasteiger partial charge in [0.05, 0.1) is 11.7 Å². The average molecular weight is 371 g/mol. The van der Waals surface area contributed by atoms with E-state index < -0.39 is 5.97 Å². The van der Waals surface area contributed by atoms with Crippen LogP contribution in [0.2, 0.25) is 0 Å². The number of aryl methyl sites for hydroxylation is 2. The molecule has 0 saturated carbocycles. The van der Waals surface area contributed by atoms with E-state index in [1.165, 1.54) is 6.07 Å². The van der Waals surface area contributed by atoms with Crippen molar-refractivity contribution in [3.63, 3.8) is 0 Å². The van der Waals surface area contributed by atoms with Gasteiger partial charge in [0.25, 0.3) is 0 Å². The Morgan fingerprint density at radius 2 is 2.04 bits per heavy atom. The molecule has 0 radical (unpaired) electrons. The van der Waals surface area contributed by atoms with Crippen molar-refractivity contribution >= 4 is 11.8 Å². The van der Waals surface area contributed by atoms with Crippen LogP contribution in [-0.4, -0.2) is 40.7 Å². The Labute approximate surface area is 158 Å². The van der Waals surface area contributed by atoms with Crippen molar-refractivity contribution in [2.24, 2.45) is 0 Å². The van der Waals surface area contributed by atoms with Gasteiger partial charge in [-0.2, -0.15) is 0 Å². The molecule has 6 heteroatoms. The summed E-state index contributed by atoms with van der Waals surface area (Å²) in [5.74, 6) is -0.855. The van der Waals surface area contributed by atoms with Crippen LogP contribution >= 0.6 is 0 Å². The number of carbonyl (C=O) groups excluding carboxylic acids is 2. The van der Waals surface area contributed by atoms with Gasteiger partial charge in [-0.25, -0.2) is 4.79 Å². The van der Waals surface area contributed by atoms with E-state index in [0.717, 1.165) is 37.4 Å². The number of aromatic hydroxyl groups is 1. The summed E-state index contributed by atoms with van der Waals surface area (Å²) in [5.41, 5.74) is 3.29. The maximum Gasteiger partial charge on any atom is 0.338 e. The first-order chi connectivity index (χ1) is 12.9. The Morgan fingerprint density at radius 1 is 1.26 bits per heavy atom. The van der Waals surface area contributed by atoms with Crippen LogP contribution in [0, 0.1) is 20.8 Å². The molecule has 27 heavy (non-hydrogen) atoms. The lowest BCUT2D eigenvalue weighted by Crippen LogP contribution is -2.18. The third kappa shape index (κ3) is 4.22. The van der Waals surface area contributed by atoms with Crippen molar-refractivity contribution in [2.75, 3.05) is 13.2 Å². The minimum absolute atomic E-state index is 0.0217. The molecule has 1 aromatic carbocycles. The molecule has 1 aromatic heterocycles. The van der Waals surface area contributed by atoms with Crippen molar-refractivity contribution in [1.82, 2.24) is 4.57 Å². The maximum absolute atomic E-state index is 12.6. The van der Waals surface area contributed by atoms with Crippen LogP contribution in [0.4, 0.5) is 0 Å². The fraction of sp³-hybridized carbons (Fsp3) is 0.429. The van der Waals surface area contributed by atoms with Crippen molar-refractivity contribution in [3.8, 4) is 5.75 Å². The van der Waals surface area contributed by atoms with Crippen LogP contribution in [0.15, 0.2) is 24.3 Å². The molecule has 1 aliphatic heterocycles. The van der Waals surface area contributed by atoms with E-state index in [0.29, 0.717) is 11.1 Å². The third-order valence-electron chi connectivity index (χ3n) is 5.06. The second-order valence-electron chi connectivity index (χ2n) is 7.03. The number of nitrogens with zero attached hydrogens (tertiary/aromatic N) is 1. The number of Topliss-reactive ketones (excluding diaryl/α,β-unsaturated/α-hetero) is 1. The van der Waals surface area contributed by atoms with Crippen molar-refractivity contribution < 1.29 is 24.2 Å². The van der Waals surface area contributed by atoms with E-state index in [1.54, 1.807) is 19.1 Å². The Balaban J connectivity index is 1.65. The van der Waals surface area contributed by atoms with E-state index in [-0.39, 0.29) is 29.8 Å². The van der Waals surface area contributed by atoms with Crippen molar-refractivity contribution in [1.29, 1.82) is 0 Å². The summed E-state index contributed by atoms with van der Waals surface area (Å²) in [6, 6.07) is 6.37. The number of phenols is 1. The number of esters is 1. The zero-order valence-corrected chi connectivity index (χ0v) is 15.9. The molecule has 0 unspecified atom stereocenters. The number of aromatic nitrogens is 1. The van der Waals surface area contributed by atoms with E-state index in [1.807, 2.05) is 19.9 Å². The van der Waals surface area contributed by atoms with E-state index in [4.69, 9.17) is 9.47 Å². The van der Waals surface area contributed by atoms with Crippen LogP contribution in [0.1, 0.15) is 50.5 Å². The summed E-state index contributed by atoms with van der Waals surface area (Å²) in [4.78, 5) is 24.7. The highest BCUT2D eigenvalue weighted by Crippen LogP contribution is 2.21. The summed E-state index contributed by atoms with van der Waals surface area (Å²) in [5, 5.41) is 9.70. The lowest BCUT2D eigenvalue weighted by atomic mass is 10.1. The lowest BCUT2D eigenvalue weighted by molar-refractivity contribution is 0.0474.